The second-order valence-electron chi connectivity index (χ2n) is 4.60. The molecule has 0 fully saturated rings. The zero-order chi connectivity index (χ0) is 15.5. The van der Waals surface area contributed by atoms with Crippen molar-refractivity contribution >= 4 is 35.0 Å². The third-order valence-electron chi connectivity index (χ3n) is 3.16. The van der Waals surface area contributed by atoms with Crippen molar-refractivity contribution in [3.8, 4) is 11.4 Å². The summed E-state index contributed by atoms with van der Waals surface area (Å²) < 4.78 is 1.94. The molecule has 0 spiro atoms. The molecule has 0 radical (unpaired) electrons. The van der Waals surface area contributed by atoms with Gasteiger partial charge < -0.3 is 4.57 Å². The van der Waals surface area contributed by atoms with Gasteiger partial charge >= 0.3 is 0 Å². The van der Waals surface area contributed by atoms with Gasteiger partial charge in [-0.1, -0.05) is 41.0 Å². The smallest absolute Gasteiger partial charge is 0.191 e. The molecule has 0 aliphatic rings. The molecule has 0 amide bonds. The molecule has 7 heteroatoms. The van der Waals surface area contributed by atoms with Crippen molar-refractivity contribution in [1.82, 2.24) is 19.7 Å². The van der Waals surface area contributed by atoms with Crippen LogP contribution in [-0.2, 0) is 12.8 Å². The van der Waals surface area contributed by atoms with Gasteiger partial charge in [-0.25, -0.2) is 0 Å². The van der Waals surface area contributed by atoms with Crippen LogP contribution in [0.2, 0.25) is 10.0 Å². The molecular weight excluding hydrogens is 339 g/mol. The molecule has 3 rings (SSSR count). The fraction of sp³-hybridized carbons (Fsp3) is 0.133. The summed E-state index contributed by atoms with van der Waals surface area (Å²) in [5.74, 6) is 1.41. The molecule has 4 nitrogen and oxygen atoms in total. The van der Waals surface area contributed by atoms with Crippen LogP contribution < -0.4 is 0 Å². The molecular formula is C15H12Cl2N4S. The lowest BCUT2D eigenvalue weighted by Gasteiger charge is -2.06. The zero-order valence-electron chi connectivity index (χ0n) is 11.7. The Balaban J connectivity index is 1.81. The standard InChI is InChI=1S/C15H12Cl2N4S/c1-21-14(10-4-3-7-18-8-10)19-20-15(21)22-9-11-12(16)5-2-6-13(11)17/h2-8H,9H2,1H3. The first-order valence-electron chi connectivity index (χ1n) is 6.52. The molecule has 0 saturated heterocycles. The number of thioether (sulfide) groups is 1. The number of rotatable bonds is 4. The second kappa shape index (κ2) is 6.69. The van der Waals surface area contributed by atoms with Gasteiger partial charge in [0.2, 0.25) is 0 Å². The molecule has 0 atom stereocenters. The van der Waals surface area contributed by atoms with Crippen LogP contribution in [0.4, 0.5) is 0 Å². The Bertz CT molecular complexity index is 769. The fourth-order valence-corrected chi connectivity index (χ4v) is 3.65. The van der Waals surface area contributed by atoms with Gasteiger partial charge in [-0.3, -0.25) is 4.98 Å². The number of pyridine rings is 1. The Morgan fingerprint density at radius 2 is 1.86 bits per heavy atom. The number of nitrogens with zero attached hydrogens (tertiary/aromatic N) is 4. The van der Waals surface area contributed by atoms with E-state index in [0.717, 1.165) is 22.1 Å². The Hall–Kier alpha value is -1.56. The first kappa shape index (κ1) is 15.3. The minimum absolute atomic E-state index is 0.636. The van der Waals surface area contributed by atoms with Gasteiger partial charge in [0.25, 0.3) is 0 Å². The van der Waals surface area contributed by atoms with Gasteiger partial charge in [0.15, 0.2) is 11.0 Å². The maximum atomic E-state index is 6.19. The van der Waals surface area contributed by atoms with E-state index in [0.29, 0.717) is 15.8 Å². The summed E-state index contributed by atoms with van der Waals surface area (Å²) in [5, 5.41) is 10.6. The van der Waals surface area contributed by atoms with Gasteiger partial charge in [0.1, 0.15) is 0 Å². The van der Waals surface area contributed by atoms with E-state index >= 15 is 0 Å². The predicted octanol–water partition coefficient (Wildman–Crippen LogP) is 4.48. The van der Waals surface area contributed by atoms with E-state index in [2.05, 4.69) is 15.2 Å². The van der Waals surface area contributed by atoms with Gasteiger partial charge in [0.05, 0.1) is 0 Å². The Labute approximate surface area is 142 Å². The first-order chi connectivity index (χ1) is 10.7. The van der Waals surface area contributed by atoms with Crippen molar-refractivity contribution in [3.63, 3.8) is 0 Å². The largest absolute Gasteiger partial charge is 0.305 e. The maximum absolute atomic E-state index is 6.19. The van der Waals surface area contributed by atoms with Crippen LogP contribution in [0.1, 0.15) is 5.56 Å². The van der Waals surface area contributed by atoms with E-state index < -0.39 is 0 Å². The number of aromatic nitrogens is 4. The lowest BCUT2D eigenvalue weighted by molar-refractivity contribution is 0.793. The van der Waals surface area contributed by atoms with E-state index in [1.54, 1.807) is 24.2 Å². The van der Waals surface area contributed by atoms with E-state index in [9.17, 15) is 0 Å². The maximum Gasteiger partial charge on any atom is 0.191 e. The van der Waals surface area contributed by atoms with Crippen molar-refractivity contribution in [2.45, 2.75) is 10.9 Å². The molecule has 1 aromatic carbocycles. The van der Waals surface area contributed by atoms with Crippen LogP contribution in [0.15, 0.2) is 47.9 Å². The fourth-order valence-electron chi connectivity index (χ4n) is 1.99. The van der Waals surface area contributed by atoms with Crippen molar-refractivity contribution in [2.75, 3.05) is 0 Å². The Morgan fingerprint density at radius 3 is 2.55 bits per heavy atom. The molecule has 0 aliphatic heterocycles. The minimum Gasteiger partial charge on any atom is -0.305 e. The van der Waals surface area contributed by atoms with Crippen LogP contribution in [0.25, 0.3) is 11.4 Å². The van der Waals surface area contributed by atoms with Crippen LogP contribution in [0, 0.1) is 0 Å². The Morgan fingerprint density at radius 1 is 1.09 bits per heavy atom. The highest BCUT2D eigenvalue weighted by Gasteiger charge is 2.13. The first-order valence-corrected chi connectivity index (χ1v) is 8.26. The summed E-state index contributed by atoms with van der Waals surface area (Å²) in [5.41, 5.74) is 1.84. The molecule has 0 bridgehead atoms. The SMILES string of the molecule is Cn1c(SCc2c(Cl)cccc2Cl)nnc1-c1cccnc1. The summed E-state index contributed by atoms with van der Waals surface area (Å²) in [6.07, 6.45) is 3.50. The molecule has 112 valence electrons. The number of halogens is 2. The molecule has 0 unspecified atom stereocenters. The normalized spacial score (nSPS) is 10.9. The van der Waals surface area contributed by atoms with Crippen molar-refractivity contribution < 1.29 is 0 Å². The van der Waals surface area contributed by atoms with Gasteiger partial charge in [0, 0.05) is 40.8 Å². The Kier molecular flexibility index (Phi) is 4.66. The van der Waals surface area contributed by atoms with Gasteiger partial charge in [-0.2, -0.15) is 0 Å². The molecule has 22 heavy (non-hydrogen) atoms. The monoisotopic (exact) mass is 350 g/mol. The topological polar surface area (TPSA) is 43.6 Å². The van der Waals surface area contributed by atoms with E-state index in [1.165, 1.54) is 0 Å². The number of hydrogen-bond donors (Lipinski definition) is 0. The summed E-state index contributed by atoms with van der Waals surface area (Å²) in [6, 6.07) is 9.33. The highest BCUT2D eigenvalue weighted by molar-refractivity contribution is 7.98. The summed E-state index contributed by atoms with van der Waals surface area (Å²) in [7, 11) is 1.93. The third kappa shape index (κ3) is 3.11. The molecule has 0 N–H and O–H groups in total. The molecule has 0 aliphatic carbocycles. The van der Waals surface area contributed by atoms with Gasteiger partial charge in [-0.15, -0.1) is 10.2 Å². The van der Waals surface area contributed by atoms with Crippen molar-refractivity contribution in [2.24, 2.45) is 7.05 Å². The summed E-state index contributed by atoms with van der Waals surface area (Å²) in [6.45, 7) is 0. The second-order valence-corrected chi connectivity index (χ2v) is 6.35. The van der Waals surface area contributed by atoms with Gasteiger partial charge in [-0.05, 0) is 29.8 Å². The summed E-state index contributed by atoms with van der Waals surface area (Å²) >= 11 is 13.9. The predicted molar refractivity (Wildman–Crippen MR) is 90.3 cm³/mol. The quantitative estimate of drug-likeness (QED) is 0.650. The average Bonchev–Trinajstić information content (AvgIpc) is 2.89. The minimum atomic E-state index is 0.636. The zero-order valence-corrected chi connectivity index (χ0v) is 14.0. The summed E-state index contributed by atoms with van der Waals surface area (Å²) in [4.78, 5) is 4.11. The van der Waals surface area contributed by atoms with E-state index in [4.69, 9.17) is 23.2 Å². The van der Waals surface area contributed by atoms with Crippen LogP contribution in [0.5, 0.6) is 0 Å². The van der Waals surface area contributed by atoms with Crippen molar-refractivity contribution in [3.05, 3.63) is 58.3 Å². The molecule has 0 saturated carbocycles. The third-order valence-corrected chi connectivity index (χ3v) is 4.92. The highest BCUT2D eigenvalue weighted by Crippen LogP contribution is 2.31. The van der Waals surface area contributed by atoms with E-state index in [1.807, 2.05) is 41.9 Å². The lowest BCUT2D eigenvalue weighted by atomic mass is 10.2. The average molecular weight is 351 g/mol. The van der Waals surface area contributed by atoms with Crippen molar-refractivity contribution in [1.29, 1.82) is 0 Å². The number of hydrogen-bond acceptors (Lipinski definition) is 4. The highest BCUT2D eigenvalue weighted by atomic mass is 35.5. The van der Waals surface area contributed by atoms with Crippen LogP contribution in [-0.4, -0.2) is 19.7 Å². The van der Waals surface area contributed by atoms with Crippen LogP contribution in [0.3, 0.4) is 0 Å². The van der Waals surface area contributed by atoms with E-state index in [-0.39, 0.29) is 0 Å². The molecule has 2 aromatic heterocycles. The molecule has 3 aromatic rings. The molecule has 2 heterocycles. The lowest BCUT2D eigenvalue weighted by Crippen LogP contribution is -1.95. The number of benzene rings is 1. The van der Waals surface area contributed by atoms with Crippen LogP contribution >= 0.6 is 35.0 Å².